The number of allylic oxidation sites excluding steroid dienone is 22. The highest BCUT2D eigenvalue weighted by atomic mass is 31.2. The lowest BCUT2D eigenvalue weighted by atomic mass is 10.1. The van der Waals surface area contributed by atoms with Crippen LogP contribution in [0, 0.1) is 0 Å². The number of hydrogen-bond donors (Lipinski definition) is 2. The van der Waals surface area contributed by atoms with E-state index in [9.17, 15) is 14.2 Å². The zero-order valence-corrected chi connectivity index (χ0v) is 35.1. The lowest BCUT2D eigenvalue weighted by Gasteiger charge is -2.18. The summed E-state index contributed by atoms with van der Waals surface area (Å²) < 4.78 is 26.3. The summed E-state index contributed by atoms with van der Waals surface area (Å²) in [6.45, 7) is 3.34. The van der Waals surface area contributed by atoms with Crippen molar-refractivity contribution in [3.8, 4) is 0 Å². The van der Waals surface area contributed by atoms with E-state index >= 15 is 0 Å². The van der Waals surface area contributed by atoms with E-state index < -0.39 is 32.5 Å². The minimum Gasteiger partial charge on any atom is -0.462 e. The SMILES string of the molecule is CC/C=C\C/C=C\C/C=C\C/C=C\C/C=C\C/C=C\CCC(=O)OC(COC(=O)CCCCC/C=C\C/C=C\C/C=C\C/C=C\C/C=C\CC)COP(=O)(O)O. The van der Waals surface area contributed by atoms with Gasteiger partial charge in [0.25, 0.3) is 0 Å². The van der Waals surface area contributed by atoms with E-state index in [1.54, 1.807) is 0 Å². The predicted octanol–water partition coefficient (Wildman–Crippen LogP) is 12.7. The minimum atomic E-state index is -4.79. The van der Waals surface area contributed by atoms with Crippen molar-refractivity contribution < 1.29 is 37.9 Å². The Hall–Kier alpha value is -3.81. The molecule has 0 amide bonds. The fourth-order valence-corrected chi connectivity index (χ4v) is 5.08. The summed E-state index contributed by atoms with van der Waals surface area (Å²) in [7, 11) is -4.79. The molecule has 0 aliphatic rings. The molecule has 0 aliphatic heterocycles. The first-order valence-corrected chi connectivity index (χ1v) is 22.0. The molecular formula is C47H71O8P. The van der Waals surface area contributed by atoms with Gasteiger partial charge in [-0.2, -0.15) is 0 Å². The molecule has 0 aliphatic carbocycles. The zero-order chi connectivity index (χ0) is 41.1. The first-order chi connectivity index (χ1) is 27.3. The largest absolute Gasteiger partial charge is 0.469 e. The maximum absolute atomic E-state index is 12.4. The molecule has 0 saturated heterocycles. The normalized spacial score (nSPS) is 13.9. The highest BCUT2D eigenvalue weighted by Crippen LogP contribution is 2.35. The van der Waals surface area contributed by atoms with E-state index in [4.69, 9.17) is 19.3 Å². The molecule has 0 radical (unpaired) electrons. The molecule has 0 saturated carbocycles. The molecule has 0 heterocycles. The Balaban J connectivity index is 4.17. The van der Waals surface area contributed by atoms with Crippen molar-refractivity contribution in [2.75, 3.05) is 13.2 Å². The van der Waals surface area contributed by atoms with E-state index in [1.807, 2.05) is 12.2 Å². The third-order valence-electron chi connectivity index (χ3n) is 7.68. The van der Waals surface area contributed by atoms with Crippen molar-refractivity contribution in [2.24, 2.45) is 0 Å². The number of ether oxygens (including phenoxy) is 2. The maximum Gasteiger partial charge on any atom is 0.469 e. The molecule has 0 fully saturated rings. The number of hydrogen-bond acceptors (Lipinski definition) is 6. The van der Waals surface area contributed by atoms with Gasteiger partial charge in [0.15, 0.2) is 6.10 Å². The second-order valence-electron chi connectivity index (χ2n) is 12.8. The molecule has 0 bridgehead atoms. The monoisotopic (exact) mass is 794 g/mol. The van der Waals surface area contributed by atoms with Gasteiger partial charge in [-0.25, -0.2) is 4.57 Å². The van der Waals surface area contributed by atoms with Crippen molar-refractivity contribution >= 4 is 19.8 Å². The van der Waals surface area contributed by atoms with Gasteiger partial charge in [0.1, 0.15) is 6.61 Å². The summed E-state index contributed by atoms with van der Waals surface area (Å²) in [5.41, 5.74) is 0. The number of phosphoric acid groups is 1. The summed E-state index contributed by atoms with van der Waals surface area (Å²) in [6.07, 6.45) is 60.4. The van der Waals surface area contributed by atoms with Crippen LogP contribution in [0.5, 0.6) is 0 Å². The van der Waals surface area contributed by atoms with Crippen molar-refractivity contribution in [3.05, 3.63) is 134 Å². The van der Waals surface area contributed by atoms with E-state index in [0.29, 0.717) is 12.8 Å². The molecular weight excluding hydrogens is 723 g/mol. The Morgan fingerprint density at radius 1 is 0.464 bits per heavy atom. The van der Waals surface area contributed by atoms with E-state index in [2.05, 4.69) is 140 Å². The second-order valence-corrected chi connectivity index (χ2v) is 14.1. The second kappa shape index (κ2) is 40.8. The van der Waals surface area contributed by atoms with Crippen molar-refractivity contribution in [1.82, 2.24) is 0 Å². The molecule has 0 rings (SSSR count). The molecule has 0 aromatic carbocycles. The number of phosphoric ester groups is 1. The highest BCUT2D eigenvalue weighted by molar-refractivity contribution is 7.46. The van der Waals surface area contributed by atoms with Gasteiger partial charge in [0, 0.05) is 12.8 Å². The standard InChI is InChI=1S/C47H71O8P/c1-3-5-7-9-11-13-15-17-19-21-23-25-27-29-31-33-35-37-39-41-46(48)53-43-45(44-54-56(50,51)52)55-47(49)42-40-38-36-34-32-30-28-26-24-22-20-18-16-14-12-10-8-6-4-2/h5-8,11-14,17-20,23-26,29-32,36,38,45H,3-4,9-10,15-16,21-22,27-28,33-35,37,39-44H2,1-2H3,(H2,50,51,52)/b7-5-,8-6-,13-11-,14-12-,19-17-,20-18-,25-23-,26-24-,31-29-,32-30-,38-36-. The van der Waals surface area contributed by atoms with Crippen LogP contribution in [0.15, 0.2) is 134 Å². The molecule has 312 valence electrons. The topological polar surface area (TPSA) is 119 Å². The molecule has 8 nitrogen and oxygen atoms in total. The Kier molecular flexibility index (Phi) is 38.1. The lowest BCUT2D eigenvalue weighted by molar-refractivity contribution is -0.161. The lowest BCUT2D eigenvalue weighted by Crippen LogP contribution is -2.29. The highest BCUT2D eigenvalue weighted by Gasteiger charge is 2.22. The maximum atomic E-state index is 12.4. The Morgan fingerprint density at radius 2 is 0.839 bits per heavy atom. The summed E-state index contributed by atoms with van der Waals surface area (Å²) in [5, 5.41) is 0. The van der Waals surface area contributed by atoms with Crippen LogP contribution in [0.3, 0.4) is 0 Å². The van der Waals surface area contributed by atoms with Gasteiger partial charge in [0.2, 0.25) is 0 Å². The quantitative estimate of drug-likeness (QED) is 0.0282. The Bertz CT molecular complexity index is 1350. The van der Waals surface area contributed by atoms with Gasteiger partial charge in [-0.1, -0.05) is 154 Å². The fraction of sp³-hybridized carbons (Fsp3) is 0.489. The zero-order valence-electron chi connectivity index (χ0n) is 34.2. The van der Waals surface area contributed by atoms with Crippen LogP contribution in [-0.4, -0.2) is 41.0 Å². The summed E-state index contributed by atoms with van der Waals surface area (Å²) in [6, 6.07) is 0. The third-order valence-corrected chi connectivity index (χ3v) is 8.16. The summed E-state index contributed by atoms with van der Waals surface area (Å²) in [5.74, 6) is -1.04. The van der Waals surface area contributed by atoms with E-state index in [1.165, 1.54) is 0 Å². The van der Waals surface area contributed by atoms with Crippen LogP contribution in [0.2, 0.25) is 0 Å². The van der Waals surface area contributed by atoms with Crippen LogP contribution in [0.25, 0.3) is 0 Å². The Labute approximate surface area is 339 Å². The molecule has 2 N–H and O–H groups in total. The first kappa shape index (κ1) is 52.2. The number of unbranched alkanes of at least 4 members (excludes halogenated alkanes) is 3. The van der Waals surface area contributed by atoms with Gasteiger partial charge in [0.05, 0.1) is 6.61 Å². The first-order valence-electron chi connectivity index (χ1n) is 20.5. The van der Waals surface area contributed by atoms with Crippen molar-refractivity contribution in [3.63, 3.8) is 0 Å². The number of esters is 2. The summed E-state index contributed by atoms with van der Waals surface area (Å²) in [4.78, 5) is 42.8. The molecule has 1 atom stereocenters. The average molecular weight is 795 g/mol. The Morgan fingerprint density at radius 3 is 1.23 bits per heavy atom. The van der Waals surface area contributed by atoms with Crippen LogP contribution >= 0.6 is 7.82 Å². The smallest absolute Gasteiger partial charge is 0.462 e. The van der Waals surface area contributed by atoms with E-state index in [0.717, 1.165) is 89.9 Å². The van der Waals surface area contributed by atoms with Gasteiger partial charge >= 0.3 is 19.8 Å². The molecule has 56 heavy (non-hydrogen) atoms. The number of carbonyl (C=O) groups excluding carboxylic acids is 2. The molecule has 0 spiro atoms. The van der Waals surface area contributed by atoms with Gasteiger partial charge in [-0.05, 0) is 96.3 Å². The van der Waals surface area contributed by atoms with Crippen molar-refractivity contribution in [1.29, 1.82) is 0 Å². The molecule has 0 aromatic heterocycles. The van der Waals surface area contributed by atoms with Crippen LogP contribution < -0.4 is 0 Å². The predicted molar refractivity (Wildman–Crippen MR) is 234 cm³/mol. The third kappa shape index (κ3) is 42.9. The fourth-order valence-electron chi connectivity index (χ4n) is 4.72. The van der Waals surface area contributed by atoms with Gasteiger partial charge in [-0.15, -0.1) is 0 Å². The average Bonchev–Trinajstić information content (AvgIpc) is 3.17. The minimum absolute atomic E-state index is 0.0699. The molecule has 0 aromatic rings. The van der Waals surface area contributed by atoms with E-state index in [-0.39, 0.29) is 19.4 Å². The van der Waals surface area contributed by atoms with Crippen LogP contribution in [0.1, 0.15) is 129 Å². The van der Waals surface area contributed by atoms with Crippen LogP contribution in [-0.2, 0) is 28.2 Å². The van der Waals surface area contributed by atoms with Crippen molar-refractivity contribution in [2.45, 2.75) is 136 Å². The van der Waals surface area contributed by atoms with Gasteiger partial charge < -0.3 is 19.3 Å². The summed E-state index contributed by atoms with van der Waals surface area (Å²) >= 11 is 0. The molecule has 1 unspecified atom stereocenters. The number of rotatable bonds is 35. The molecule has 9 heteroatoms. The van der Waals surface area contributed by atoms with Gasteiger partial charge in [-0.3, -0.25) is 14.1 Å². The van der Waals surface area contributed by atoms with Crippen LogP contribution in [0.4, 0.5) is 0 Å². The number of carbonyl (C=O) groups is 2.